The van der Waals surface area contributed by atoms with Gasteiger partial charge in [-0.25, -0.2) is 4.79 Å². The second kappa shape index (κ2) is 7.09. The van der Waals surface area contributed by atoms with Gasteiger partial charge in [0, 0.05) is 35.9 Å². The molecule has 2 rings (SSSR count). The number of carbonyl (C=O) groups is 1. The van der Waals surface area contributed by atoms with Crippen molar-refractivity contribution >= 4 is 33.7 Å². The molecular weight excluding hydrogens is 332 g/mol. The zero-order valence-corrected chi connectivity index (χ0v) is 14.0. The highest BCUT2D eigenvalue weighted by molar-refractivity contribution is 9.10. The van der Waals surface area contributed by atoms with Crippen LogP contribution in [0.2, 0.25) is 0 Å². The minimum atomic E-state index is -0.938. The zero-order valence-electron chi connectivity index (χ0n) is 12.4. The van der Waals surface area contributed by atoms with Crippen molar-refractivity contribution in [1.82, 2.24) is 4.90 Å². The number of likely N-dealkylation sites (tertiary alicyclic amines) is 1. The van der Waals surface area contributed by atoms with Crippen LogP contribution >= 0.6 is 15.9 Å². The van der Waals surface area contributed by atoms with Crippen LogP contribution in [0, 0.1) is 0 Å². The number of nitrogens with zero attached hydrogens (tertiary/aromatic N) is 2. The van der Waals surface area contributed by atoms with Crippen LogP contribution in [0.1, 0.15) is 18.4 Å². The summed E-state index contributed by atoms with van der Waals surface area (Å²) in [4.78, 5) is 15.2. The minimum Gasteiger partial charge on any atom is -0.478 e. The number of benzene rings is 1. The third-order valence-electron chi connectivity index (χ3n) is 3.99. The molecule has 1 N–H and O–H groups in total. The molecule has 4 nitrogen and oxygen atoms in total. The number of likely N-dealkylation sites (N-methyl/N-ethyl adjacent to an activating group) is 2. The lowest BCUT2D eigenvalue weighted by Gasteiger charge is -2.27. The van der Waals surface area contributed by atoms with Gasteiger partial charge in [-0.05, 0) is 50.2 Å². The average Bonchev–Trinajstić information content (AvgIpc) is 2.82. The zero-order chi connectivity index (χ0) is 15.4. The number of hydrogen-bond acceptors (Lipinski definition) is 3. The molecule has 0 amide bonds. The van der Waals surface area contributed by atoms with Gasteiger partial charge in [0.05, 0.1) is 0 Å². The Morgan fingerprint density at radius 2 is 2.33 bits per heavy atom. The average molecular weight is 353 g/mol. The van der Waals surface area contributed by atoms with Crippen LogP contribution in [0.5, 0.6) is 0 Å². The van der Waals surface area contributed by atoms with Crippen LogP contribution < -0.4 is 4.90 Å². The van der Waals surface area contributed by atoms with Crippen LogP contribution in [-0.4, -0.2) is 49.2 Å². The Hall–Kier alpha value is -1.33. The van der Waals surface area contributed by atoms with Crippen molar-refractivity contribution in [3.63, 3.8) is 0 Å². The number of carboxylic acid groups (broad SMARTS) is 1. The maximum absolute atomic E-state index is 10.6. The lowest BCUT2D eigenvalue weighted by molar-refractivity contribution is -0.131. The van der Waals surface area contributed by atoms with Crippen molar-refractivity contribution in [3.05, 3.63) is 34.3 Å². The fourth-order valence-electron chi connectivity index (χ4n) is 2.68. The summed E-state index contributed by atoms with van der Waals surface area (Å²) in [5.41, 5.74) is 2.00. The molecule has 1 aliphatic heterocycles. The molecule has 0 aromatic heterocycles. The number of aliphatic carboxylic acids is 1. The van der Waals surface area contributed by atoms with Gasteiger partial charge in [-0.1, -0.05) is 22.0 Å². The van der Waals surface area contributed by atoms with Gasteiger partial charge in [0.25, 0.3) is 0 Å². The van der Waals surface area contributed by atoms with Gasteiger partial charge in [0.2, 0.25) is 0 Å². The lowest BCUT2D eigenvalue weighted by Crippen LogP contribution is -2.36. The molecule has 0 radical (unpaired) electrons. The van der Waals surface area contributed by atoms with Gasteiger partial charge in [-0.2, -0.15) is 0 Å². The summed E-state index contributed by atoms with van der Waals surface area (Å²) in [6, 6.07) is 6.62. The number of hydrogen-bond donors (Lipinski definition) is 1. The van der Waals surface area contributed by atoms with Crippen molar-refractivity contribution in [2.75, 3.05) is 32.1 Å². The SMILES string of the molecule is CN(CC1CCCN1C)c1ccc(/C=C/C(=O)O)c(Br)c1. The summed E-state index contributed by atoms with van der Waals surface area (Å²) in [7, 11) is 4.28. The molecule has 1 aromatic carbocycles. The van der Waals surface area contributed by atoms with E-state index in [1.807, 2.05) is 18.2 Å². The summed E-state index contributed by atoms with van der Waals surface area (Å²) >= 11 is 3.51. The third-order valence-corrected chi connectivity index (χ3v) is 4.67. The predicted octanol–water partition coefficient (Wildman–Crippen LogP) is 3.08. The fraction of sp³-hybridized carbons (Fsp3) is 0.438. The van der Waals surface area contributed by atoms with E-state index in [4.69, 9.17) is 5.11 Å². The van der Waals surface area contributed by atoms with Gasteiger partial charge < -0.3 is 14.9 Å². The highest BCUT2D eigenvalue weighted by Gasteiger charge is 2.22. The van der Waals surface area contributed by atoms with Crippen molar-refractivity contribution < 1.29 is 9.90 Å². The second-order valence-electron chi connectivity index (χ2n) is 5.53. The number of halogens is 1. The van der Waals surface area contributed by atoms with Crippen molar-refractivity contribution in [2.45, 2.75) is 18.9 Å². The molecule has 1 unspecified atom stereocenters. The minimum absolute atomic E-state index is 0.611. The summed E-state index contributed by atoms with van der Waals surface area (Å²) in [6.45, 7) is 2.19. The molecule has 0 bridgehead atoms. The first kappa shape index (κ1) is 16.0. The van der Waals surface area contributed by atoms with E-state index in [-0.39, 0.29) is 0 Å². The summed E-state index contributed by atoms with van der Waals surface area (Å²) in [5, 5.41) is 8.68. The number of rotatable bonds is 5. The molecule has 5 heteroatoms. The molecule has 114 valence electrons. The van der Waals surface area contributed by atoms with Crippen molar-refractivity contribution in [2.24, 2.45) is 0 Å². The van der Waals surface area contributed by atoms with E-state index in [9.17, 15) is 4.79 Å². The molecule has 0 spiro atoms. The van der Waals surface area contributed by atoms with Gasteiger partial charge in [0.15, 0.2) is 0 Å². The van der Waals surface area contributed by atoms with Crippen LogP contribution in [0.15, 0.2) is 28.7 Å². The maximum Gasteiger partial charge on any atom is 0.328 e. The molecule has 1 aromatic rings. The van der Waals surface area contributed by atoms with E-state index < -0.39 is 5.97 Å². The van der Waals surface area contributed by atoms with Gasteiger partial charge in [-0.15, -0.1) is 0 Å². The van der Waals surface area contributed by atoms with E-state index in [1.54, 1.807) is 6.08 Å². The van der Waals surface area contributed by atoms with Crippen LogP contribution in [-0.2, 0) is 4.79 Å². The van der Waals surface area contributed by atoms with E-state index >= 15 is 0 Å². The Balaban J connectivity index is 2.06. The second-order valence-corrected chi connectivity index (χ2v) is 6.39. The summed E-state index contributed by atoms with van der Waals surface area (Å²) < 4.78 is 0.907. The van der Waals surface area contributed by atoms with E-state index in [1.165, 1.54) is 19.4 Å². The van der Waals surface area contributed by atoms with Crippen molar-refractivity contribution in [1.29, 1.82) is 0 Å². The Morgan fingerprint density at radius 1 is 1.57 bits per heavy atom. The fourth-order valence-corrected chi connectivity index (χ4v) is 3.18. The highest BCUT2D eigenvalue weighted by atomic mass is 79.9. The quantitative estimate of drug-likeness (QED) is 0.827. The first-order valence-electron chi connectivity index (χ1n) is 7.09. The molecule has 1 heterocycles. The van der Waals surface area contributed by atoms with Gasteiger partial charge >= 0.3 is 5.97 Å². The molecule has 1 fully saturated rings. The molecular formula is C16H21BrN2O2. The number of anilines is 1. The van der Waals surface area contributed by atoms with E-state index in [2.05, 4.69) is 39.8 Å². The third kappa shape index (κ3) is 4.32. The predicted molar refractivity (Wildman–Crippen MR) is 89.7 cm³/mol. The smallest absolute Gasteiger partial charge is 0.328 e. The van der Waals surface area contributed by atoms with Crippen LogP contribution in [0.4, 0.5) is 5.69 Å². The van der Waals surface area contributed by atoms with E-state index in [0.717, 1.165) is 28.3 Å². The molecule has 0 saturated carbocycles. The molecule has 0 aliphatic carbocycles. The lowest BCUT2D eigenvalue weighted by atomic mass is 10.1. The monoisotopic (exact) mass is 352 g/mol. The first-order valence-corrected chi connectivity index (χ1v) is 7.88. The summed E-state index contributed by atoms with van der Waals surface area (Å²) in [5.74, 6) is -0.938. The Morgan fingerprint density at radius 3 is 2.90 bits per heavy atom. The first-order chi connectivity index (χ1) is 9.97. The molecule has 21 heavy (non-hydrogen) atoms. The maximum atomic E-state index is 10.6. The molecule has 1 atom stereocenters. The number of carboxylic acids is 1. The van der Waals surface area contributed by atoms with Crippen LogP contribution in [0.25, 0.3) is 6.08 Å². The van der Waals surface area contributed by atoms with Crippen LogP contribution in [0.3, 0.4) is 0 Å². The van der Waals surface area contributed by atoms with Crippen molar-refractivity contribution in [3.8, 4) is 0 Å². The van der Waals surface area contributed by atoms with Gasteiger partial charge in [0.1, 0.15) is 0 Å². The Bertz CT molecular complexity index is 545. The molecule has 1 saturated heterocycles. The Labute approximate surface area is 134 Å². The topological polar surface area (TPSA) is 43.8 Å². The standard InChI is InChI=1S/C16H21BrN2O2/c1-18-9-3-4-14(18)11-19(2)13-7-5-12(15(17)10-13)6-8-16(20)21/h5-8,10,14H,3-4,9,11H2,1-2H3,(H,20,21)/b8-6+. The Kier molecular flexibility index (Phi) is 5.42. The van der Waals surface area contributed by atoms with Gasteiger partial charge in [-0.3, -0.25) is 0 Å². The largest absolute Gasteiger partial charge is 0.478 e. The molecule has 1 aliphatic rings. The normalized spacial score (nSPS) is 19.3. The van der Waals surface area contributed by atoms with E-state index in [0.29, 0.717) is 6.04 Å². The summed E-state index contributed by atoms with van der Waals surface area (Å²) in [6.07, 6.45) is 5.27. The highest BCUT2D eigenvalue weighted by Crippen LogP contribution is 2.26.